The molecule has 4 heterocycles. The van der Waals surface area contributed by atoms with Gasteiger partial charge in [0.15, 0.2) is 5.65 Å². The van der Waals surface area contributed by atoms with E-state index in [2.05, 4.69) is 15.1 Å². The first-order chi connectivity index (χ1) is 14.0. The summed E-state index contributed by atoms with van der Waals surface area (Å²) in [7, 11) is 0. The van der Waals surface area contributed by atoms with Gasteiger partial charge in [0.1, 0.15) is 0 Å². The molecule has 3 aromatic heterocycles. The molecule has 2 fully saturated rings. The van der Waals surface area contributed by atoms with Gasteiger partial charge in [0, 0.05) is 37.4 Å². The van der Waals surface area contributed by atoms with Crippen LogP contribution in [0.4, 0.5) is 0 Å². The lowest BCUT2D eigenvalue weighted by molar-refractivity contribution is 0.0503. The van der Waals surface area contributed by atoms with Crippen LogP contribution in [-0.4, -0.2) is 48.2 Å². The van der Waals surface area contributed by atoms with Gasteiger partial charge < -0.3 is 4.90 Å². The lowest BCUT2D eigenvalue weighted by atomic mass is 10.0. The Kier molecular flexibility index (Phi) is 3.94. The maximum atomic E-state index is 13.3. The summed E-state index contributed by atoms with van der Waals surface area (Å²) < 4.78 is 3.30. The molecule has 9 heteroatoms. The summed E-state index contributed by atoms with van der Waals surface area (Å²) in [6.07, 6.45) is 5.78. The van der Waals surface area contributed by atoms with E-state index in [-0.39, 0.29) is 17.3 Å². The second kappa shape index (κ2) is 6.40. The van der Waals surface area contributed by atoms with Crippen LogP contribution in [0.3, 0.4) is 0 Å². The molecule has 5 rings (SSSR count). The minimum Gasteiger partial charge on any atom is -0.334 e. The van der Waals surface area contributed by atoms with Crippen LogP contribution in [-0.2, 0) is 6.54 Å². The van der Waals surface area contributed by atoms with E-state index in [1.165, 1.54) is 4.57 Å². The zero-order chi connectivity index (χ0) is 20.3. The largest absolute Gasteiger partial charge is 0.334 e. The van der Waals surface area contributed by atoms with Gasteiger partial charge in [-0.15, -0.1) is 0 Å². The fourth-order valence-corrected chi connectivity index (χ4v) is 3.94. The molecule has 1 aliphatic carbocycles. The first-order valence-electron chi connectivity index (χ1n) is 9.94. The molecule has 0 aromatic carbocycles. The lowest BCUT2D eigenvalue weighted by Gasteiger charge is -2.39. The highest BCUT2D eigenvalue weighted by Crippen LogP contribution is 2.40. The molecule has 1 amide bonds. The number of hydrogen-bond donors (Lipinski definition) is 1. The molecule has 0 spiro atoms. The molecule has 1 N–H and O–H groups in total. The molecule has 1 aliphatic heterocycles. The molecule has 1 saturated heterocycles. The summed E-state index contributed by atoms with van der Waals surface area (Å²) in [5, 5.41) is 4.52. The SMILES string of the molecule is CCn1c(=O)[nH]c(=O)c2c(C(=O)N3CC(n4cc(C)cn4)C3)cc(C3CC3)nc21. The minimum absolute atomic E-state index is 0.135. The second-order valence-corrected chi connectivity index (χ2v) is 7.93. The van der Waals surface area contributed by atoms with Gasteiger partial charge in [0.25, 0.3) is 11.5 Å². The summed E-state index contributed by atoms with van der Waals surface area (Å²) in [6.45, 7) is 5.23. The van der Waals surface area contributed by atoms with E-state index in [4.69, 9.17) is 0 Å². The third kappa shape index (κ3) is 2.88. The minimum atomic E-state index is -0.562. The van der Waals surface area contributed by atoms with Crippen LogP contribution in [0.5, 0.6) is 0 Å². The van der Waals surface area contributed by atoms with Crippen molar-refractivity contribution in [3.63, 3.8) is 0 Å². The van der Waals surface area contributed by atoms with Crippen LogP contribution in [0.2, 0.25) is 0 Å². The third-order valence-corrected chi connectivity index (χ3v) is 5.76. The molecule has 0 bridgehead atoms. The Hall–Kier alpha value is -3.23. The normalized spacial score (nSPS) is 17.0. The van der Waals surface area contributed by atoms with Gasteiger partial charge in [-0.3, -0.25) is 23.8 Å². The topological polar surface area (TPSA) is 106 Å². The van der Waals surface area contributed by atoms with Gasteiger partial charge in [-0.05, 0) is 38.3 Å². The Bertz CT molecular complexity index is 1240. The van der Waals surface area contributed by atoms with Gasteiger partial charge in [-0.1, -0.05) is 0 Å². The molecular formula is C20H22N6O3. The lowest BCUT2D eigenvalue weighted by Crippen LogP contribution is -2.51. The van der Waals surface area contributed by atoms with Crippen LogP contribution in [0.25, 0.3) is 11.0 Å². The molecule has 2 aliphatic rings. The fourth-order valence-electron chi connectivity index (χ4n) is 3.94. The Morgan fingerprint density at radius 2 is 2.03 bits per heavy atom. The number of hydrogen-bond acceptors (Lipinski definition) is 5. The van der Waals surface area contributed by atoms with Crippen molar-refractivity contribution >= 4 is 16.9 Å². The number of nitrogens with zero attached hydrogens (tertiary/aromatic N) is 5. The number of likely N-dealkylation sites (tertiary alicyclic amines) is 1. The monoisotopic (exact) mass is 394 g/mol. The zero-order valence-electron chi connectivity index (χ0n) is 16.4. The molecule has 3 aromatic rings. The summed E-state index contributed by atoms with van der Waals surface area (Å²) in [6, 6.07) is 1.88. The smallest absolute Gasteiger partial charge is 0.329 e. The number of aromatic nitrogens is 5. The van der Waals surface area contributed by atoms with Crippen molar-refractivity contribution in [2.75, 3.05) is 13.1 Å². The summed E-state index contributed by atoms with van der Waals surface area (Å²) >= 11 is 0. The maximum Gasteiger partial charge on any atom is 0.329 e. The number of aryl methyl sites for hydroxylation is 2. The van der Waals surface area contributed by atoms with Gasteiger partial charge in [0.2, 0.25) is 0 Å². The highest BCUT2D eigenvalue weighted by Gasteiger charge is 2.35. The summed E-state index contributed by atoms with van der Waals surface area (Å²) in [5.41, 5.74) is 1.43. The molecule has 9 nitrogen and oxygen atoms in total. The maximum absolute atomic E-state index is 13.3. The van der Waals surface area contributed by atoms with E-state index in [0.717, 1.165) is 24.1 Å². The molecular weight excluding hydrogens is 372 g/mol. The van der Waals surface area contributed by atoms with Gasteiger partial charge >= 0.3 is 5.69 Å². The van der Waals surface area contributed by atoms with Crippen molar-refractivity contribution < 1.29 is 4.79 Å². The first kappa shape index (κ1) is 17.8. The fraction of sp³-hybridized carbons (Fsp3) is 0.450. The third-order valence-electron chi connectivity index (χ3n) is 5.76. The predicted molar refractivity (Wildman–Crippen MR) is 106 cm³/mol. The number of amides is 1. The number of fused-ring (bicyclic) bond motifs is 1. The summed E-state index contributed by atoms with van der Waals surface area (Å²) in [5.74, 6) is 0.0908. The number of carbonyl (C=O) groups excluding carboxylic acids is 1. The van der Waals surface area contributed by atoms with E-state index < -0.39 is 11.2 Å². The van der Waals surface area contributed by atoms with Crippen LogP contribution in [0.1, 0.15) is 53.3 Å². The van der Waals surface area contributed by atoms with E-state index in [9.17, 15) is 14.4 Å². The Morgan fingerprint density at radius 1 is 1.28 bits per heavy atom. The van der Waals surface area contributed by atoms with E-state index in [1.807, 2.05) is 24.7 Å². The summed E-state index contributed by atoms with van der Waals surface area (Å²) in [4.78, 5) is 46.8. The molecule has 150 valence electrons. The number of aromatic amines is 1. The molecule has 0 radical (unpaired) electrons. The zero-order valence-corrected chi connectivity index (χ0v) is 16.4. The van der Waals surface area contributed by atoms with Crippen molar-refractivity contribution in [2.24, 2.45) is 0 Å². The Labute approximate surface area is 166 Å². The van der Waals surface area contributed by atoms with Crippen LogP contribution >= 0.6 is 0 Å². The highest BCUT2D eigenvalue weighted by molar-refractivity contribution is 6.05. The predicted octanol–water partition coefficient (Wildman–Crippen LogP) is 1.18. The average molecular weight is 394 g/mol. The average Bonchev–Trinajstić information content (AvgIpc) is 3.42. The molecule has 0 atom stereocenters. The van der Waals surface area contributed by atoms with Crippen molar-refractivity contribution in [3.8, 4) is 0 Å². The van der Waals surface area contributed by atoms with Crippen molar-refractivity contribution in [1.29, 1.82) is 0 Å². The van der Waals surface area contributed by atoms with Gasteiger partial charge in [-0.25, -0.2) is 9.78 Å². The first-order valence-corrected chi connectivity index (χ1v) is 9.94. The molecule has 29 heavy (non-hydrogen) atoms. The van der Waals surface area contributed by atoms with E-state index in [1.54, 1.807) is 17.2 Å². The number of rotatable bonds is 4. The van der Waals surface area contributed by atoms with E-state index in [0.29, 0.717) is 36.8 Å². The van der Waals surface area contributed by atoms with E-state index >= 15 is 0 Å². The van der Waals surface area contributed by atoms with Crippen molar-refractivity contribution in [2.45, 2.75) is 45.2 Å². The Balaban J connectivity index is 1.56. The molecule has 0 unspecified atom stereocenters. The number of pyridine rings is 1. The second-order valence-electron chi connectivity index (χ2n) is 7.93. The number of carbonyl (C=O) groups is 1. The van der Waals surface area contributed by atoms with Gasteiger partial charge in [0.05, 0.1) is 23.2 Å². The number of H-pyrrole nitrogens is 1. The van der Waals surface area contributed by atoms with Crippen LogP contribution in [0, 0.1) is 6.92 Å². The molecule has 1 saturated carbocycles. The van der Waals surface area contributed by atoms with Crippen LogP contribution < -0.4 is 11.2 Å². The van der Waals surface area contributed by atoms with Crippen molar-refractivity contribution in [3.05, 3.63) is 56.1 Å². The highest BCUT2D eigenvalue weighted by atomic mass is 16.2. The standard InChI is InChI=1S/C20H22N6O3/c1-3-25-17-16(18(27)23-20(25)29)14(6-15(22-17)12-4-5-12)19(28)24-9-13(10-24)26-8-11(2)7-21-26/h6-8,12-13H,3-5,9-10H2,1-2H3,(H,23,27,29). The quantitative estimate of drug-likeness (QED) is 0.715. The Morgan fingerprint density at radius 3 is 2.66 bits per heavy atom. The van der Waals surface area contributed by atoms with Crippen LogP contribution in [0.15, 0.2) is 28.0 Å². The number of nitrogens with one attached hydrogen (secondary N) is 1. The van der Waals surface area contributed by atoms with Crippen molar-refractivity contribution in [1.82, 2.24) is 29.2 Å². The van der Waals surface area contributed by atoms with Gasteiger partial charge in [-0.2, -0.15) is 5.10 Å².